The van der Waals surface area contributed by atoms with Crippen molar-refractivity contribution in [2.24, 2.45) is 0 Å². The van der Waals surface area contributed by atoms with Crippen LogP contribution in [0, 0.1) is 0 Å². The minimum atomic E-state index is -1.01. The van der Waals surface area contributed by atoms with Crippen molar-refractivity contribution in [3.05, 3.63) is 66.0 Å². The van der Waals surface area contributed by atoms with Crippen molar-refractivity contribution in [1.82, 2.24) is 9.97 Å². The number of carbonyl (C=O) groups excluding carboxylic acids is 1. The van der Waals surface area contributed by atoms with Gasteiger partial charge in [-0.05, 0) is 36.4 Å². The van der Waals surface area contributed by atoms with Crippen molar-refractivity contribution in [3.8, 4) is 0 Å². The zero-order valence-corrected chi connectivity index (χ0v) is 14.8. The van der Waals surface area contributed by atoms with E-state index in [9.17, 15) is 9.59 Å². The number of nitrogens with zero attached hydrogens (tertiary/aromatic N) is 2. The molecule has 0 saturated heterocycles. The number of nitrogens with one attached hydrogen (secondary N) is 2. The van der Waals surface area contributed by atoms with Crippen LogP contribution in [-0.4, -0.2) is 34.1 Å². The average Bonchev–Trinajstić information content (AvgIpc) is 2.71. The Labute approximate surface area is 160 Å². The minimum Gasteiger partial charge on any atom is -0.478 e. The lowest BCUT2D eigenvalue weighted by Gasteiger charge is -2.14. The van der Waals surface area contributed by atoms with Crippen LogP contribution in [0.1, 0.15) is 20.7 Å². The first-order chi connectivity index (χ1) is 13.5. The number of nitrogens with two attached hydrogens (primary N) is 1. The van der Waals surface area contributed by atoms with E-state index in [1.807, 2.05) is 0 Å². The number of carbonyl (C=O) groups is 2. The fourth-order valence-electron chi connectivity index (χ4n) is 2.44. The van der Waals surface area contributed by atoms with Crippen LogP contribution in [-0.2, 0) is 4.74 Å². The van der Waals surface area contributed by atoms with E-state index in [0.717, 1.165) is 0 Å². The number of para-hydroxylation sites is 1. The van der Waals surface area contributed by atoms with Crippen LogP contribution in [0.3, 0.4) is 0 Å². The Kier molecular flexibility index (Phi) is 5.35. The lowest BCUT2D eigenvalue weighted by Crippen LogP contribution is -2.09. The molecule has 0 saturated carbocycles. The molecule has 0 radical (unpaired) electrons. The SMILES string of the molecule is COC(=O)c1ccccc1Nc1ncnc(Nc2ccc(C(=O)O)cc2)c1N. The molecular formula is C19H17N5O4. The summed E-state index contributed by atoms with van der Waals surface area (Å²) in [7, 11) is 1.30. The van der Waals surface area contributed by atoms with Crippen molar-refractivity contribution in [1.29, 1.82) is 0 Å². The summed E-state index contributed by atoms with van der Waals surface area (Å²) in [6.45, 7) is 0. The van der Waals surface area contributed by atoms with Crippen LogP contribution in [0.4, 0.5) is 28.7 Å². The van der Waals surface area contributed by atoms with Gasteiger partial charge in [-0.15, -0.1) is 0 Å². The highest BCUT2D eigenvalue weighted by atomic mass is 16.5. The summed E-state index contributed by atoms with van der Waals surface area (Å²) < 4.78 is 4.78. The van der Waals surface area contributed by atoms with E-state index in [0.29, 0.717) is 28.6 Å². The number of carboxylic acids is 1. The molecule has 0 spiro atoms. The minimum absolute atomic E-state index is 0.169. The number of aromatic nitrogens is 2. The first-order valence-corrected chi connectivity index (χ1v) is 8.15. The molecule has 3 aromatic rings. The molecule has 1 aromatic heterocycles. The summed E-state index contributed by atoms with van der Waals surface area (Å²) in [4.78, 5) is 31.1. The zero-order valence-electron chi connectivity index (χ0n) is 14.8. The summed E-state index contributed by atoms with van der Waals surface area (Å²) >= 11 is 0. The van der Waals surface area contributed by atoms with Crippen LogP contribution in [0.25, 0.3) is 0 Å². The second-order valence-electron chi connectivity index (χ2n) is 5.65. The Morgan fingerprint density at radius 3 is 2.29 bits per heavy atom. The van der Waals surface area contributed by atoms with Crippen molar-refractivity contribution in [2.45, 2.75) is 0 Å². The molecule has 0 bridgehead atoms. The maximum absolute atomic E-state index is 11.9. The molecule has 28 heavy (non-hydrogen) atoms. The van der Waals surface area contributed by atoms with Crippen molar-refractivity contribution in [2.75, 3.05) is 23.5 Å². The van der Waals surface area contributed by atoms with Gasteiger partial charge >= 0.3 is 11.9 Å². The molecule has 0 aliphatic heterocycles. The fraction of sp³-hybridized carbons (Fsp3) is 0.0526. The number of rotatable bonds is 6. The monoisotopic (exact) mass is 379 g/mol. The first-order valence-electron chi connectivity index (χ1n) is 8.15. The molecule has 0 fully saturated rings. The molecule has 3 rings (SSSR count). The van der Waals surface area contributed by atoms with Gasteiger partial charge in [-0.25, -0.2) is 19.6 Å². The number of ether oxygens (including phenoxy) is 1. The van der Waals surface area contributed by atoms with Crippen molar-refractivity contribution < 1.29 is 19.4 Å². The molecule has 0 unspecified atom stereocenters. The van der Waals surface area contributed by atoms with Crippen LogP contribution in [0.2, 0.25) is 0 Å². The smallest absolute Gasteiger partial charge is 0.339 e. The molecule has 1 heterocycles. The summed E-state index contributed by atoms with van der Waals surface area (Å²) in [6, 6.07) is 12.9. The summed E-state index contributed by atoms with van der Waals surface area (Å²) in [6.07, 6.45) is 1.31. The third-order valence-corrected chi connectivity index (χ3v) is 3.86. The van der Waals surface area contributed by atoms with Gasteiger partial charge in [0.25, 0.3) is 0 Å². The second-order valence-corrected chi connectivity index (χ2v) is 5.65. The van der Waals surface area contributed by atoms with Gasteiger partial charge in [0.2, 0.25) is 0 Å². The molecule has 9 heteroatoms. The van der Waals surface area contributed by atoms with E-state index in [4.69, 9.17) is 15.6 Å². The summed E-state index contributed by atoms with van der Waals surface area (Å²) in [5.41, 5.74) is 7.98. The Hall–Kier alpha value is -4.14. The number of carboxylic acid groups (broad SMARTS) is 1. The van der Waals surface area contributed by atoms with Gasteiger partial charge in [-0.2, -0.15) is 0 Å². The predicted molar refractivity (Wildman–Crippen MR) is 104 cm³/mol. The zero-order chi connectivity index (χ0) is 20.1. The van der Waals surface area contributed by atoms with Gasteiger partial charge in [-0.1, -0.05) is 12.1 Å². The fourth-order valence-corrected chi connectivity index (χ4v) is 2.44. The quantitative estimate of drug-likeness (QED) is 0.476. The number of benzene rings is 2. The lowest BCUT2D eigenvalue weighted by molar-refractivity contribution is 0.0601. The Morgan fingerprint density at radius 1 is 1.00 bits per heavy atom. The van der Waals surface area contributed by atoms with E-state index >= 15 is 0 Å². The third-order valence-electron chi connectivity index (χ3n) is 3.86. The standard InChI is InChI=1S/C19H17N5O4/c1-28-19(27)13-4-2-3-5-14(13)24-17-15(20)16(21-10-22-17)23-12-8-6-11(7-9-12)18(25)26/h2-10H,20H2,1H3,(H,25,26)(H2,21,22,23,24). The normalized spacial score (nSPS) is 10.2. The number of anilines is 5. The van der Waals surface area contributed by atoms with Gasteiger partial charge in [0.15, 0.2) is 11.6 Å². The largest absolute Gasteiger partial charge is 0.478 e. The highest BCUT2D eigenvalue weighted by Gasteiger charge is 2.14. The maximum Gasteiger partial charge on any atom is 0.339 e. The highest BCUT2D eigenvalue weighted by Crippen LogP contribution is 2.29. The molecule has 5 N–H and O–H groups in total. The van der Waals surface area contributed by atoms with Crippen LogP contribution < -0.4 is 16.4 Å². The Balaban J connectivity index is 1.86. The second kappa shape index (κ2) is 8.04. The third kappa shape index (κ3) is 3.98. The average molecular weight is 379 g/mol. The predicted octanol–water partition coefficient (Wildman–Crippen LogP) is 3.03. The molecular weight excluding hydrogens is 362 g/mol. The number of methoxy groups -OCH3 is 1. The van der Waals surface area contributed by atoms with E-state index in [-0.39, 0.29) is 11.3 Å². The summed E-state index contributed by atoms with van der Waals surface area (Å²) in [5.74, 6) is -0.872. The Bertz CT molecular complexity index is 1020. The molecule has 9 nitrogen and oxygen atoms in total. The molecule has 0 aliphatic rings. The molecule has 0 atom stereocenters. The van der Waals surface area contributed by atoms with E-state index < -0.39 is 11.9 Å². The number of hydrogen-bond acceptors (Lipinski definition) is 8. The number of aromatic carboxylic acids is 1. The van der Waals surface area contributed by atoms with Crippen molar-refractivity contribution in [3.63, 3.8) is 0 Å². The maximum atomic E-state index is 11.9. The lowest BCUT2D eigenvalue weighted by atomic mass is 10.2. The molecule has 2 aromatic carbocycles. The van der Waals surface area contributed by atoms with Gasteiger partial charge in [0, 0.05) is 5.69 Å². The van der Waals surface area contributed by atoms with Gasteiger partial charge < -0.3 is 26.2 Å². The molecule has 0 amide bonds. The van der Waals surface area contributed by atoms with Crippen molar-refractivity contribution >= 4 is 40.6 Å². The number of hydrogen-bond donors (Lipinski definition) is 4. The topological polar surface area (TPSA) is 139 Å². The van der Waals surface area contributed by atoms with Crippen LogP contribution >= 0.6 is 0 Å². The van der Waals surface area contributed by atoms with Crippen LogP contribution in [0.5, 0.6) is 0 Å². The van der Waals surface area contributed by atoms with Gasteiger partial charge in [0.05, 0.1) is 23.9 Å². The van der Waals surface area contributed by atoms with E-state index in [1.165, 1.54) is 25.6 Å². The van der Waals surface area contributed by atoms with E-state index in [1.54, 1.807) is 36.4 Å². The Morgan fingerprint density at radius 2 is 1.64 bits per heavy atom. The van der Waals surface area contributed by atoms with Gasteiger partial charge in [0.1, 0.15) is 12.0 Å². The molecule has 142 valence electrons. The van der Waals surface area contributed by atoms with Crippen LogP contribution in [0.15, 0.2) is 54.9 Å². The first kappa shape index (κ1) is 18.6. The highest BCUT2D eigenvalue weighted by molar-refractivity contribution is 5.97. The number of nitrogen functional groups attached to an aromatic ring is 1. The number of esters is 1. The van der Waals surface area contributed by atoms with Gasteiger partial charge in [-0.3, -0.25) is 0 Å². The summed E-state index contributed by atoms with van der Waals surface area (Å²) in [5, 5.41) is 15.0. The van der Waals surface area contributed by atoms with E-state index in [2.05, 4.69) is 20.6 Å². The molecule has 0 aliphatic carbocycles.